The van der Waals surface area contributed by atoms with Crippen LogP contribution in [0.4, 0.5) is 5.69 Å². The van der Waals surface area contributed by atoms with Gasteiger partial charge >= 0.3 is 0 Å². The SMILES string of the molecule is Clc1cc(Cl)c(NCc2c(Cl)cccc2Cl)cc1Cl. The highest BCUT2D eigenvalue weighted by molar-refractivity contribution is 6.44. The van der Waals surface area contributed by atoms with E-state index in [4.69, 9.17) is 58.0 Å². The molecule has 0 aromatic heterocycles. The molecule has 0 radical (unpaired) electrons. The molecule has 19 heavy (non-hydrogen) atoms. The molecule has 6 heteroatoms. The lowest BCUT2D eigenvalue weighted by atomic mass is 10.2. The minimum Gasteiger partial charge on any atom is -0.380 e. The second-order valence-electron chi connectivity index (χ2n) is 3.80. The first kappa shape index (κ1) is 15.1. The lowest BCUT2D eigenvalue weighted by Gasteiger charge is -2.12. The third-order valence-corrected chi connectivity index (χ3v) is 4.27. The zero-order valence-corrected chi connectivity index (χ0v) is 13.3. The Balaban J connectivity index is 2.22. The molecular formula is C13H8Cl5N. The van der Waals surface area contributed by atoms with Gasteiger partial charge < -0.3 is 5.32 Å². The van der Waals surface area contributed by atoms with Gasteiger partial charge in [0, 0.05) is 22.2 Å². The molecule has 0 spiro atoms. The van der Waals surface area contributed by atoms with Gasteiger partial charge in [-0.2, -0.15) is 0 Å². The van der Waals surface area contributed by atoms with Crippen LogP contribution in [0.3, 0.4) is 0 Å². The number of halogens is 5. The Hall–Kier alpha value is -0.310. The summed E-state index contributed by atoms with van der Waals surface area (Å²) in [4.78, 5) is 0. The normalized spacial score (nSPS) is 10.6. The summed E-state index contributed by atoms with van der Waals surface area (Å²) in [6, 6.07) is 8.60. The molecule has 0 fully saturated rings. The monoisotopic (exact) mass is 353 g/mol. The van der Waals surface area contributed by atoms with Crippen LogP contribution in [-0.4, -0.2) is 0 Å². The first-order chi connectivity index (χ1) is 8.99. The Morgan fingerprint density at radius 1 is 0.737 bits per heavy atom. The van der Waals surface area contributed by atoms with Crippen molar-refractivity contribution in [2.75, 3.05) is 5.32 Å². The number of benzene rings is 2. The van der Waals surface area contributed by atoms with Crippen LogP contribution in [0, 0.1) is 0 Å². The molecule has 0 saturated heterocycles. The van der Waals surface area contributed by atoms with E-state index in [-0.39, 0.29) is 0 Å². The predicted molar refractivity (Wildman–Crippen MR) is 85.3 cm³/mol. The van der Waals surface area contributed by atoms with Crippen LogP contribution in [-0.2, 0) is 6.54 Å². The van der Waals surface area contributed by atoms with Crippen molar-refractivity contribution in [3.8, 4) is 0 Å². The summed E-state index contributed by atoms with van der Waals surface area (Å²) in [7, 11) is 0. The van der Waals surface area contributed by atoms with Crippen LogP contribution < -0.4 is 5.32 Å². The molecule has 0 aliphatic heterocycles. The van der Waals surface area contributed by atoms with Crippen molar-refractivity contribution in [1.82, 2.24) is 0 Å². The summed E-state index contributed by atoms with van der Waals surface area (Å²) in [6.45, 7) is 0.441. The smallest absolute Gasteiger partial charge is 0.0653 e. The molecule has 0 saturated carbocycles. The summed E-state index contributed by atoms with van der Waals surface area (Å²) < 4.78 is 0. The Bertz CT molecular complexity index is 592. The van der Waals surface area contributed by atoms with Gasteiger partial charge in [-0.15, -0.1) is 0 Å². The van der Waals surface area contributed by atoms with E-state index in [1.807, 2.05) is 0 Å². The van der Waals surface area contributed by atoms with E-state index in [2.05, 4.69) is 5.32 Å². The average Bonchev–Trinajstić information content (AvgIpc) is 2.34. The van der Waals surface area contributed by atoms with E-state index in [1.165, 1.54) is 0 Å². The molecule has 0 unspecified atom stereocenters. The Morgan fingerprint density at radius 2 is 1.32 bits per heavy atom. The Kier molecular flexibility index (Phi) is 5.10. The molecule has 2 rings (SSSR count). The summed E-state index contributed by atoms with van der Waals surface area (Å²) >= 11 is 30.1. The lowest BCUT2D eigenvalue weighted by molar-refractivity contribution is 1.15. The van der Waals surface area contributed by atoms with E-state index in [9.17, 15) is 0 Å². The highest BCUT2D eigenvalue weighted by Gasteiger charge is 2.08. The summed E-state index contributed by atoms with van der Waals surface area (Å²) in [5, 5.41) is 5.65. The largest absolute Gasteiger partial charge is 0.380 e. The molecule has 0 heterocycles. The second-order valence-corrected chi connectivity index (χ2v) is 5.84. The Morgan fingerprint density at radius 3 is 1.95 bits per heavy atom. The third-order valence-electron chi connectivity index (χ3n) is 2.53. The molecule has 1 nitrogen and oxygen atoms in total. The van der Waals surface area contributed by atoms with E-state index in [0.717, 1.165) is 5.56 Å². The van der Waals surface area contributed by atoms with Crippen LogP contribution in [0.25, 0.3) is 0 Å². The van der Waals surface area contributed by atoms with Gasteiger partial charge in [0.1, 0.15) is 0 Å². The molecule has 2 aromatic rings. The predicted octanol–water partition coefficient (Wildman–Crippen LogP) is 6.57. The van der Waals surface area contributed by atoms with E-state index >= 15 is 0 Å². The minimum atomic E-state index is 0.410. The molecule has 0 atom stereocenters. The van der Waals surface area contributed by atoms with Crippen LogP contribution in [0.15, 0.2) is 30.3 Å². The highest BCUT2D eigenvalue weighted by Crippen LogP contribution is 2.33. The van der Waals surface area contributed by atoms with Gasteiger partial charge in [-0.05, 0) is 24.3 Å². The molecule has 0 aliphatic rings. The highest BCUT2D eigenvalue weighted by atomic mass is 35.5. The zero-order chi connectivity index (χ0) is 14.0. The standard InChI is InChI=1S/C13H8Cl5N/c14-8-2-1-3-9(15)7(8)6-19-13-5-11(17)10(16)4-12(13)18/h1-5,19H,6H2. The van der Waals surface area contributed by atoms with Crippen molar-refractivity contribution in [1.29, 1.82) is 0 Å². The van der Waals surface area contributed by atoms with E-state index < -0.39 is 0 Å². The van der Waals surface area contributed by atoms with Crippen molar-refractivity contribution in [3.63, 3.8) is 0 Å². The fourth-order valence-corrected chi connectivity index (χ4v) is 2.69. The van der Waals surface area contributed by atoms with Crippen LogP contribution in [0.2, 0.25) is 25.1 Å². The maximum absolute atomic E-state index is 6.09. The topological polar surface area (TPSA) is 12.0 Å². The molecule has 0 aliphatic carbocycles. The summed E-state index contributed by atoms with van der Waals surface area (Å²) in [6.07, 6.45) is 0. The lowest BCUT2D eigenvalue weighted by Crippen LogP contribution is -2.01. The second kappa shape index (κ2) is 6.43. The quantitative estimate of drug-likeness (QED) is 0.614. The molecule has 100 valence electrons. The molecular weight excluding hydrogens is 347 g/mol. The van der Waals surface area contributed by atoms with Crippen molar-refractivity contribution in [2.45, 2.75) is 6.54 Å². The molecule has 0 bridgehead atoms. The van der Waals surface area contributed by atoms with Crippen molar-refractivity contribution in [3.05, 3.63) is 61.0 Å². The summed E-state index contributed by atoms with van der Waals surface area (Å²) in [5.41, 5.74) is 1.47. The van der Waals surface area contributed by atoms with Gasteiger partial charge in [-0.25, -0.2) is 0 Å². The fourth-order valence-electron chi connectivity index (χ4n) is 1.54. The van der Waals surface area contributed by atoms with Gasteiger partial charge in [0.05, 0.1) is 20.8 Å². The minimum absolute atomic E-state index is 0.410. The van der Waals surface area contributed by atoms with Gasteiger partial charge in [0.25, 0.3) is 0 Å². The maximum Gasteiger partial charge on any atom is 0.0653 e. The number of hydrogen-bond donors (Lipinski definition) is 1. The molecule has 1 N–H and O–H groups in total. The van der Waals surface area contributed by atoms with Crippen molar-refractivity contribution in [2.24, 2.45) is 0 Å². The third kappa shape index (κ3) is 3.62. The number of rotatable bonds is 3. The van der Waals surface area contributed by atoms with Gasteiger partial charge in [0.15, 0.2) is 0 Å². The average molecular weight is 355 g/mol. The number of nitrogens with one attached hydrogen (secondary N) is 1. The van der Waals surface area contributed by atoms with Crippen LogP contribution in [0.5, 0.6) is 0 Å². The van der Waals surface area contributed by atoms with Crippen LogP contribution >= 0.6 is 58.0 Å². The molecule has 0 amide bonds. The zero-order valence-electron chi connectivity index (χ0n) is 9.48. The van der Waals surface area contributed by atoms with Gasteiger partial charge in [-0.1, -0.05) is 64.1 Å². The Labute approximate surface area is 136 Å². The number of anilines is 1. The fraction of sp³-hybridized carbons (Fsp3) is 0.0769. The van der Waals surface area contributed by atoms with E-state index in [0.29, 0.717) is 37.3 Å². The number of hydrogen-bond acceptors (Lipinski definition) is 1. The van der Waals surface area contributed by atoms with Crippen molar-refractivity contribution >= 4 is 63.7 Å². The van der Waals surface area contributed by atoms with Crippen molar-refractivity contribution < 1.29 is 0 Å². The van der Waals surface area contributed by atoms with Gasteiger partial charge in [0.2, 0.25) is 0 Å². The molecule has 2 aromatic carbocycles. The first-order valence-electron chi connectivity index (χ1n) is 5.30. The summed E-state index contributed by atoms with van der Waals surface area (Å²) in [5.74, 6) is 0. The van der Waals surface area contributed by atoms with Gasteiger partial charge in [-0.3, -0.25) is 0 Å². The maximum atomic E-state index is 6.09. The van der Waals surface area contributed by atoms with E-state index in [1.54, 1.807) is 30.3 Å². The van der Waals surface area contributed by atoms with Crippen LogP contribution in [0.1, 0.15) is 5.56 Å². The first-order valence-corrected chi connectivity index (χ1v) is 7.19.